The second-order valence-corrected chi connectivity index (χ2v) is 11.3. The van der Waals surface area contributed by atoms with E-state index in [1.165, 1.54) is 6.92 Å². The Kier molecular flexibility index (Phi) is 4.22. The molecule has 0 fully saturated rings. The Hall–Kier alpha value is -0.312. The van der Waals surface area contributed by atoms with Crippen LogP contribution >= 0.6 is 0 Å². The van der Waals surface area contributed by atoms with Gasteiger partial charge in [0, 0.05) is 0 Å². The van der Waals surface area contributed by atoms with Crippen LogP contribution in [0.2, 0.25) is 9.74 Å². The summed E-state index contributed by atoms with van der Waals surface area (Å²) in [6, 6.07) is 0. The minimum absolute atomic E-state index is 0.562. The molecule has 1 rings (SSSR count). The topological polar surface area (TPSA) is 0 Å². The fraction of sp³-hybridized carbons (Fsp3) is 0.400. The van der Waals surface area contributed by atoms with Crippen LogP contribution in [0.4, 0.5) is 22.0 Å². The first-order valence-electron chi connectivity index (χ1n) is 4.46. The van der Waals surface area contributed by atoms with Crippen molar-refractivity contribution in [2.45, 2.75) is 20.5 Å². The van der Waals surface area contributed by atoms with Crippen molar-refractivity contribution in [1.29, 1.82) is 0 Å². The second-order valence-electron chi connectivity index (χ2n) is 3.62. The molecule has 0 bridgehead atoms. The first-order valence-corrected chi connectivity index (χ1v) is 11.0. The zero-order valence-electron chi connectivity index (χ0n) is 8.91. The number of rotatable bonds is 2. The Morgan fingerprint density at radius 2 is 1.06 bits per heavy atom. The summed E-state index contributed by atoms with van der Waals surface area (Å²) in [4.78, 5) is 3.65. The summed E-state index contributed by atoms with van der Waals surface area (Å²) in [6.45, 7) is 1.50. The molecule has 0 N–H and O–H groups in total. The van der Waals surface area contributed by atoms with Crippen LogP contribution in [-0.2, 0) is 0 Å². The summed E-state index contributed by atoms with van der Waals surface area (Å²) in [5.41, 5.74) is -0.663. The van der Waals surface area contributed by atoms with E-state index in [9.17, 15) is 22.0 Å². The number of halogens is 5. The second kappa shape index (κ2) is 4.90. The van der Waals surface area contributed by atoms with Gasteiger partial charge < -0.3 is 0 Å². The molecule has 0 saturated carbocycles. The van der Waals surface area contributed by atoms with Crippen LogP contribution in [0.25, 0.3) is 0 Å². The molecule has 1 unspecified atom stereocenters. The molecule has 1 aromatic carbocycles. The van der Waals surface area contributed by atoms with Crippen LogP contribution in [0, 0.1) is 29.1 Å². The van der Waals surface area contributed by atoms with Crippen molar-refractivity contribution >= 4 is 20.2 Å². The van der Waals surface area contributed by atoms with Crippen molar-refractivity contribution in [2.75, 3.05) is 0 Å². The van der Waals surface area contributed by atoms with Gasteiger partial charge in [-0.25, -0.2) is 0 Å². The molecule has 0 aromatic heterocycles. The average molecular weight is 347 g/mol. The quantitative estimate of drug-likeness (QED) is 0.331. The van der Waals surface area contributed by atoms with Gasteiger partial charge in [0.1, 0.15) is 0 Å². The van der Waals surface area contributed by atoms with Gasteiger partial charge in [-0.3, -0.25) is 0 Å². The van der Waals surface area contributed by atoms with E-state index in [0.29, 0.717) is 0 Å². The molecule has 16 heavy (non-hydrogen) atoms. The molecule has 6 heteroatoms. The van der Waals surface area contributed by atoms with Gasteiger partial charge in [0.2, 0.25) is 0 Å². The van der Waals surface area contributed by atoms with Crippen molar-refractivity contribution in [1.82, 2.24) is 0 Å². The summed E-state index contributed by atoms with van der Waals surface area (Å²) in [5, 5.41) is 0. The first-order chi connectivity index (χ1) is 7.29. The van der Waals surface area contributed by atoms with Gasteiger partial charge in [0.05, 0.1) is 0 Å². The third-order valence-electron chi connectivity index (χ3n) is 2.44. The van der Waals surface area contributed by atoms with E-state index in [4.69, 9.17) is 0 Å². The Labute approximate surface area is 97.4 Å². The Morgan fingerprint density at radius 3 is 1.38 bits per heavy atom. The van der Waals surface area contributed by atoms with Gasteiger partial charge in [-0.1, -0.05) is 0 Å². The summed E-state index contributed by atoms with van der Waals surface area (Å²) in [7, 11) is 0. The van der Waals surface area contributed by atoms with Gasteiger partial charge in [-0.15, -0.1) is 0 Å². The van der Waals surface area contributed by atoms with Crippen molar-refractivity contribution < 1.29 is 22.0 Å². The summed E-state index contributed by atoms with van der Waals surface area (Å²) in [6.07, 6.45) is 0. The molecule has 0 spiro atoms. The third kappa shape index (κ3) is 2.19. The normalized spacial score (nSPS) is 13.3. The summed E-state index contributed by atoms with van der Waals surface area (Å²) < 4.78 is 64.6. The van der Waals surface area contributed by atoms with Crippen LogP contribution < -0.4 is 0 Å². The molecular weight excluding hydrogens is 337 g/mol. The van der Waals surface area contributed by atoms with E-state index in [1.807, 2.05) is 9.74 Å². The van der Waals surface area contributed by atoms with E-state index in [0.717, 1.165) is 0 Å². The van der Waals surface area contributed by atoms with Gasteiger partial charge in [-0.2, -0.15) is 0 Å². The molecule has 90 valence electrons. The molecule has 1 aromatic rings. The molecule has 0 aliphatic carbocycles. The molecule has 0 radical (unpaired) electrons. The number of hydrogen-bond donors (Lipinski definition) is 0. The zero-order valence-corrected chi connectivity index (χ0v) is 11.5. The Morgan fingerprint density at radius 1 is 0.750 bits per heavy atom. The standard InChI is InChI=1S/C8H4F5.2CH3.Sb/c1-2-3-4(9)6(11)8(13)7(12)5(3)10;;;/h2H,1H3;2*1H3;. The number of hydrogen-bond acceptors (Lipinski definition) is 0. The van der Waals surface area contributed by atoms with Crippen molar-refractivity contribution in [3.8, 4) is 0 Å². The van der Waals surface area contributed by atoms with Crippen LogP contribution in [0.15, 0.2) is 0 Å². The van der Waals surface area contributed by atoms with Gasteiger partial charge in [0.25, 0.3) is 0 Å². The number of benzene rings is 1. The van der Waals surface area contributed by atoms with E-state index < -0.39 is 58.7 Å². The van der Waals surface area contributed by atoms with Crippen molar-refractivity contribution in [3.63, 3.8) is 0 Å². The maximum absolute atomic E-state index is 13.3. The molecule has 0 heterocycles. The molecule has 0 amide bonds. The molecular formula is C10H10F5Sb. The Bertz CT molecular complexity index is 387. The van der Waals surface area contributed by atoms with Crippen molar-refractivity contribution in [2.24, 2.45) is 0 Å². The Balaban J connectivity index is 3.51. The SMILES string of the molecule is C[CH](c1c(F)c(F)c(F)c(F)c1F)[Sb]([CH3])[CH3]. The predicted molar refractivity (Wildman–Crippen MR) is 52.1 cm³/mol. The van der Waals surface area contributed by atoms with E-state index >= 15 is 0 Å². The molecule has 1 atom stereocenters. The van der Waals surface area contributed by atoms with Crippen molar-refractivity contribution in [3.05, 3.63) is 34.6 Å². The van der Waals surface area contributed by atoms with Gasteiger partial charge in [0.15, 0.2) is 0 Å². The summed E-state index contributed by atoms with van der Waals surface area (Å²) >= 11 is -1.96. The molecule has 0 nitrogen and oxygen atoms in total. The van der Waals surface area contributed by atoms with E-state index in [-0.39, 0.29) is 0 Å². The van der Waals surface area contributed by atoms with E-state index in [1.54, 1.807) is 0 Å². The summed E-state index contributed by atoms with van der Waals surface area (Å²) in [5.74, 6) is -9.20. The molecule has 0 saturated heterocycles. The predicted octanol–water partition coefficient (Wildman–Crippen LogP) is 3.78. The minimum atomic E-state index is -2.10. The van der Waals surface area contributed by atoms with Gasteiger partial charge >= 0.3 is 97.3 Å². The van der Waals surface area contributed by atoms with Crippen LogP contribution in [-0.4, -0.2) is 20.2 Å². The van der Waals surface area contributed by atoms with Crippen LogP contribution in [0.1, 0.15) is 16.4 Å². The average Bonchev–Trinajstić information content (AvgIpc) is 2.23. The van der Waals surface area contributed by atoms with Gasteiger partial charge in [-0.05, 0) is 0 Å². The van der Waals surface area contributed by atoms with E-state index in [2.05, 4.69) is 0 Å². The fourth-order valence-electron chi connectivity index (χ4n) is 1.25. The zero-order chi connectivity index (χ0) is 12.6. The molecule has 0 aliphatic heterocycles. The van der Waals surface area contributed by atoms with Crippen LogP contribution in [0.5, 0.6) is 0 Å². The molecule has 0 aliphatic rings. The van der Waals surface area contributed by atoms with Crippen LogP contribution in [0.3, 0.4) is 0 Å². The first kappa shape index (κ1) is 13.8. The maximum atomic E-state index is 13.3. The fourth-order valence-corrected chi connectivity index (χ4v) is 3.37. The monoisotopic (exact) mass is 346 g/mol. The third-order valence-corrected chi connectivity index (χ3v) is 7.59.